The summed E-state index contributed by atoms with van der Waals surface area (Å²) in [4.78, 5) is 0. The molecule has 0 rings (SSSR count). The molecule has 0 atom stereocenters. The van der Waals surface area contributed by atoms with E-state index in [1.807, 2.05) is 0 Å². The molecule has 0 spiro atoms. The Labute approximate surface area is 72.3 Å². The van der Waals surface area contributed by atoms with E-state index in [4.69, 9.17) is 0 Å². The summed E-state index contributed by atoms with van der Waals surface area (Å²) in [5.74, 6) is 0. The van der Waals surface area contributed by atoms with Crippen molar-refractivity contribution in [2.24, 2.45) is 5.16 Å². The molecule has 0 saturated carbocycles. The quantitative estimate of drug-likeness (QED) is 0.378. The van der Waals surface area contributed by atoms with Crippen LogP contribution in [0.3, 0.4) is 0 Å². The van der Waals surface area contributed by atoms with Crippen LogP contribution in [-0.4, -0.2) is 20.4 Å². The Morgan fingerprint density at radius 1 is 1.58 bits per heavy atom. The molecule has 0 radical (unpaired) electrons. The van der Waals surface area contributed by atoms with Crippen molar-refractivity contribution >= 4 is 15.8 Å². The van der Waals surface area contributed by atoms with Crippen LogP contribution in [0.25, 0.3) is 0 Å². The van der Waals surface area contributed by atoms with Gasteiger partial charge in [-0.25, -0.2) is 0 Å². The van der Waals surface area contributed by atoms with Gasteiger partial charge in [-0.3, -0.25) is 4.28 Å². The lowest BCUT2D eigenvalue weighted by atomic mass is 10.4. The lowest BCUT2D eigenvalue weighted by Crippen LogP contribution is -1.98. The topological polar surface area (TPSA) is 55.7 Å². The third-order valence-corrected chi connectivity index (χ3v) is 1.14. The van der Waals surface area contributed by atoms with Gasteiger partial charge in [0.15, 0.2) is 0 Å². The molecule has 0 aliphatic heterocycles. The number of nitrogens with zero attached hydrogens (tertiary/aromatic N) is 1. The van der Waals surface area contributed by atoms with Gasteiger partial charge in [0.25, 0.3) is 0 Å². The van der Waals surface area contributed by atoms with Gasteiger partial charge < -0.3 is 0 Å². The third kappa shape index (κ3) is 7.01. The number of oxime groups is 1. The van der Waals surface area contributed by atoms with Gasteiger partial charge >= 0.3 is 10.1 Å². The van der Waals surface area contributed by atoms with Crippen LogP contribution in [0.1, 0.15) is 6.92 Å². The summed E-state index contributed by atoms with van der Waals surface area (Å²) >= 11 is 0. The van der Waals surface area contributed by atoms with Gasteiger partial charge in [0.1, 0.15) is 0 Å². The minimum Gasteiger partial charge on any atom is -0.268 e. The van der Waals surface area contributed by atoms with Crippen LogP contribution >= 0.6 is 0 Å². The minimum absolute atomic E-state index is 0.459. The van der Waals surface area contributed by atoms with E-state index < -0.39 is 10.1 Å². The molecule has 68 valence electrons. The molecule has 0 aliphatic carbocycles. The summed E-state index contributed by atoms with van der Waals surface area (Å²) in [6.07, 6.45) is 5.70. The van der Waals surface area contributed by atoms with Crippen molar-refractivity contribution in [2.75, 3.05) is 6.26 Å². The molecular formula is C7H11NO3S. The molecule has 5 heteroatoms. The van der Waals surface area contributed by atoms with Crippen molar-refractivity contribution in [3.63, 3.8) is 0 Å². The van der Waals surface area contributed by atoms with Crippen LogP contribution in [0.4, 0.5) is 0 Å². The van der Waals surface area contributed by atoms with Crippen LogP contribution in [0.5, 0.6) is 0 Å². The van der Waals surface area contributed by atoms with Crippen molar-refractivity contribution in [1.29, 1.82) is 0 Å². The fourth-order valence-electron chi connectivity index (χ4n) is 0.364. The zero-order valence-electron chi connectivity index (χ0n) is 7.02. The van der Waals surface area contributed by atoms with Gasteiger partial charge in [-0.1, -0.05) is 23.9 Å². The molecule has 0 unspecified atom stereocenters. The average Bonchev–Trinajstić information content (AvgIpc) is 1.95. The molecule has 0 heterocycles. The first-order chi connectivity index (χ1) is 5.45. The summed E-state index contributed by atoms with van der Waals surface area (Å²) in [5.41, 5.74) is 0.459. The van der Waals surface area contributed by atoms with E-state index in [1.54, 1.807) is 25.2 Å². The monoisotopic (exact) mass is 189 g/mol. The van der Waals surface area contributed by atoms with Gasteiger partial charge in [-0.05, 0) is 13.0 Å². The Morgan fingerprint density at radius 2 is 2.17 bits per heavy atom. The molecule has 0 N–H and O–H groups in total. The Kier molecular flexibility index (Phi) is 4.28. The lowest BCUT2D eigenvalue weighted by Gasteiger charge is -1.93. The smallest absolute Gasteiger partial charge is 0.268 e. The molecule has 0 aromatic heterocycles. The predicted octanol–water partition coefficient (Wildman–Crippen LogP) is 1.08. The highest BCUT2D eigenvalue weighted by Gasteiger charge is 1.98. The standard InChI is InChI=1S/C7H11NO3S/c1-4-5-6-7(2)8-11-12(3,9)10/h4-6H,1H2,2-3H3. The first-order valence-corrected chi connectivity index (χ1v) is 4.99. The zero-order valence-corrected chi connectivity index (χ0v) is 7.84. The molecule has 0 fully saturated rings. The van der Waals surface area contributed by atoms with Crippen molar-refractivity contribution in [3.05, 3.63) is 24.8 Å². The molecular weight excluding hydrogens is 178 g/mol. The maximum atomic E-state index is 10.4. The number of hydrogen-bond donors (Lipinski definition) is 0. The average molecular weight is 189 g/mol. The molecule has 0 amide bonds. The first kappa shape index (κ1) is 10.9. The van der Waals surface area contributed by atoms with E-state index in [2.05, 4.69) is 16.0 Å². The summed E-state index contributed by atoms with van der Waals surface area (Å²) in [6, 6.07) is 0. The van der Waals surface area contributed by atoms with E-state index >= 15 is 0 Å². The van der Waals surface area contributed by atoms with Crippen molar-refractivity contribution in [1.82, 2.24) is 0 Å². The van der Waals surface area contributed by atoms with E-state index in [-0.39, 0.29) is 0 Å². The predicted molar refractivity (Wildman–Crippen MR) is 48.4 cm³/mol. The number of hydrogen-bond acceptors (Lipinski definition) is 4. The SMILES string of the molecule is C=CC=CC(C)=NOS(C)(=O)=O. The van der Waals surface area contributed by atoms with Gasteiger partial charge in [-0.2, -0.15) is 8.42 Å². The molecule has 0 aromatic carbocycles. The Bertz CT molecular complexity index is 301. The van der Waals surface area contributed by atoms with Gasteiger partial charge in [-0.15, -0.1) is 0 Å². The highest BCUT2D eigenvalue weighted by atomic mass is 32.2. The fraction of sp³-hybridized carbons (Fsp3) is 0.286. The first-order valence-electron chi connectivity index (χ1n) is 3.18. The van der Waals surface area contributed by atoms with Crippen molar-refractivity contribution in [3.8, 4) is 0 Å². The molecule has 0 aromatic rings. The summed E-state index contributed by atoms with van der Waals surface area (Å²) < 4.78 is 25.0. The normalized spacial score (nSPS) is 13.3. The maximum Gasteiger partial charge on any atom is 0.325 e. The van der Waals surface area contributed by atoms with E-state index in [0.29, 0.717) is 5.71 Å². The van der Waals surface area contributed by atoms with Crippen LogP contribution in [-0.2, 0) is 14.4 Å². The van der Waals surface area contributed by atoms with Crippen LogP contribution in [0.2, 0.25) is 0 Å². The lowest BCUT2D eigenvalue weighted by molar-refractivity contribution is 0.343. The summed E-state index contributed by atoms with van der Waals surface area (Å²) in [6.45, 7) is 5.06. The second-order valence-corrected chi connectivity index (χ2v) is 3.66. The molecule has 4 nitrogen and oxygen atoms in total. The molecule has 0 saturated heterocycles. The van der Waals surface area contributed by atoms with Crippen molar-refractivity contribution < 1.29 is 12.7 Å². The highest BCUT2D eigenvalue weighted by Crippen LogP contribution is 1.90. The number of allylic oxidation sites excluding steroid dienone is 3. The van der Waals surface area contributed by atoms with E-state index in [1.165, 1.54) is 0 Å². The van der Waals surface area contributed by atoms with E-state index in [9.17, 15) is 8.42 Å². The Hall–Kier alpha value is -1.10. The minimum atomic E-state index is -3.49. The highest BCUT2D eigenvalue weighted by molar-refractivity contribution is 7.85. The summed E-state index contributed by atoms with van der Waals surface area (Å²) in [5, 5.41) is 3.33. The second-order valence-electron chi connectivity index (χ2n) is 2.11. The third-order valence-electron chi connectivity index (χ3n) is 0.790. The molecule has 0 bridgehead atoms. The number of rotatable bonds is 4. The van der Waals surface area contributed by atoms with Crippen LogP contribution < -0.4 is 0 Å². The zero-order chi connectivity index (χ0) is 9.61. The van der Waals surface area contributed by atoms with Gasteiger partial charge in [0.05, 0.1) is 12.0 Å². The van der Waals surface area contributed by atoms with Crippen molar-refractivity contribution in [2.45, 2.75) is 6.92 Å². The maximum absolute atomic E-state index is 10.4. The largest absolute Gasteiger partial charge is 0.325 e. The fourth-order valence-corrected chi connectivity index (χ4v) is 0.617. The van der Waals surface area contributed by atoms with Gasteiger partial charge in [0, 0.05) is 0 Å². The summed E-state index contributed by atoms with van der Waals surface area (Å²) in [7, 11) is -3.49. The van der Waals surface area contributed by atoms with E-state index in [0.717, 1.165) is 6.26 Å². The van der Waals surface area contributed by atoms with Gasteiger partial charge in [0.2, 0.25) is 0 Å². The van der Waals surface area contributed by atoms with Crippen LogP contribution in [0.15, 0.2) is 30.0 Å². The van der Waals surface area contributed by atoms with Crippen LogP contribution in [0, 0.1) is 0 Å². The second kappa shape index (κ2) is 4.71. The Balaban J connectivity index is 4.20. The molecule has 12 heavy (non-hydrogen) atoms. The molecule has 0 aliphatic rings. The Morgan fingerprint density at radius 3 is 2.58 bits per heavy atom.